The summed E-state index contributed by atoms with van der Waals surface area (Å²) in [6.07, 6.45) is -0.706. The van der Waals surface area contributed by atoms with Crippen LogP contribution in [-0.2, 0) is 22.6 Å². The number of hydrogen-bond acceptors (Lipinski definition) is 4. The third kappa shape index (κ3) is 4.02. The number of pyridine rings is 1. The van der Waals surface area contributed by atoms with Crippen LogP contribution in [0.25, 0.3) is 6.08 Å². The minimum atomic E-state index is -4.43. The molecule has 1 aromatic heterocycles. The molecular formula is C20H20F3N3O2S. The van der Waals surface area contributed by atoms with Gasteiger partial charge in [0.15, 0.2) is 0 Å². The molecule has 4 rings (SSSR count). The van der Waals surface area contributed by atoms with Crippen molar-refractivity contribution in [3.63, 3.8) is 0 Å². The van der Waals surface area contributed by atoms with E-state index in [0.29, 0.717) is 36.7 Å². The van der Waals surface area contributed by atoms with Gasteiger partial charge in [0.05, 0.1) is 10.5 Å². The lowest BCUT2D eigenvalue weighted by Gasteiger charge is -2.35. The van der Waals surface area contributed by atoms with Crippen LogP contribution in [0.5, 0.6) is 0 Å². The maximum Gasteiger partial charge on any atom is 0.417 e. The highest BCUT2D eigenvalue weighted by molar-refractivity contribution is 7.93. The van der Waals surface area contributed by atoms with Crippen molar-refractivity contribution < 1.29 is 21.6 Å². The van der Waals surface area contributed by atoms with Gasteiger partial charge >= 0.3 is 6.18 Å². The minimum absolute atomic E-state index is 0.268. The average molecular weight is 423 g/mol. The highest BCUT2D eigenvalue weighted by atomic mass is 32.2. The van der Waals surface area contributed by atoms with Crippen molar-refractivity contribution >= 4 is 21.9 Å². The van der Waals surface area contributed by atoms with E-state index in [-0.39, 0.29) is 13.1 Å². The zero-order chi connectivity index (χ0) is 20.6. The molecule has 9 heteroatoms. The Morgan fingerprint density at radius 2 is 1.66 bits per heavy atom. The second kappa shape index (κ2) is 7.46. The topological polar surface area (TPSA) is 53.5 Å². The van der Waals surface area contributed by atoms with Gasteiger partial charge in [-0.1, -0.05) is 24.3 Å². The van der Waals surface area contributed by atoms with Crippen molar-refractivity contribution in [2.75, 3.05) is 31.1 Å². The maximum atomic E-state index is 13.0. The zero-order valence-corrected chi connectivity index (χ0v) is 16.4. The van der Waals surface area contributed by atoms with E-state index in [1.807, 2.05) is 24.3 Å². The van der Waals surface area contributed by atoms with Crippen LogP contribution in [0.4, 0.5) is 19.0 Å². The summed E-state index contributed by atoms with van der Waals surface area (Å²) in [6, 6.07) is 10.1. The molecule has 0 bridgehead atoms. The van der Waals surface area contributed by atoms with Gasteiger partial charge in [0.1, 0.15) is 5.82 Å². The predicted molar refractivity (Wildman–Crippen MR) is 105 cm³/mol. The molecule has 0 unspecified atom stereocenters. The molecule has 0 saturated carbocycles. The van der Waals surface area contributed by atoms with Crippen LogP contribution < -0.4 is 4.90 Å². The van der Waals surface area contributed by atoms with Crippen LogP contribution in [0, 0.1) is 0 Å². The molecule has 0 radical (unpaired) electrons. The Morgan fingerprint density at radius 3 is 2.31 bits per heavy atom. The molecule has 1 aromatic carbocycles. The van der Waals surface area contributed by atoms with Gasteiger partial charge < -0.3 is 4.90 Å². The lowest BCUT2D eigenvalue weighted by atomic mass is 9.98. The zero-order valence-electron chi connectivity index (χ0n) is 15.6. The number of nitrogens with zero attached hydrogens (tertiary/aromatic N) is 3. The van der Waals surface area contributed by atoms with Gasteiger partial charge in [0.2, 0.25) is 10.0 Å². The number of piperazine rings is 1. The fraction of sp³-hybridized carbons (Fsp3) is 0.350. The van der Waals surface area contributed by atoms with E-state index in [1.165, 1.54) is 10.4 Å². The third-order valence-corrected chi connectivity index (χ3v) is 7.35. The first-order chi connectivity index (χ1) is 13.7. The number of fused-ring (bicyclic) bond motifs is 1. The number of alkyl halides is 3. The highest BCUT2D eigenvalue weighted by Gasteiger charge is 2.33. The molecule has 154 valence electrons. The SMILES string of the molecule is O=S(=O)(C1=Cc2ccccc2CC1)N1CCN(c2ccc(C(F)(F)F)cn2)CC1. The lowest BCUT2D eigenvalue weighted by molar-refractivity contribution is -0.137. The van der Waals surface area contributed by atoms with Gasteiger partial charge in [-0.25, -0.2) is 13.4 Å². The number of allylic oxidation sites excluding steroid dienone is 1. The Kier molecular flexibility index (Phi) is 5.12. The van der Waals surface area contributed by atoms with Gasteiger partial charge in [0, 0.05) is 32.4 Å². The molecule has 2 aliphatic rings. The Hall–Kier alpha value is -2.39. The van der Waals surface area contributed by atoms with Gasteiger partial charge in [-0.2, -0.15) is 17.5 Å². The van der Waals surface area contributed by atoms with Gasteiger partial charge in [-0.15, -0.1) is 0 Å². The first kappa shape index (κ1) is 19.9. The summed E-state index contributed by atoms with van der Waals surface area (Å²) >= 11 is 0. The second-order valence-electron chi connectivity index (χ2n) is 7.10. The van der Waals surface area contributed by atoms with Crippen molar-refractivity contribution in [2.45, 2.75) is 19.0 Å². The van der Waals surface area contributed by atoms with Crippen LogP contribution in [0.3, 0.4) is 0 Å². The summed E-state index contributed by atoms with van der Waals surface area (Å²) < 4.78 is 65.6. The van der Waals surface area contributed by atoms with Crippen molar-refractivity contribution in [1.82, 2.24) is 9.29 Å². The van der Waals surface area contributed by atoms with Crippen LogP contribution in [0.2, 0.25) is 0 Å². The highest BCUT2D eigenvalue weighted by Crippen LogP contribution is 2.31. The first-order valence-corrected chi connectivity index (χ1v) is 10.8. The van der Waals surface area contributed by atoms with Gasteiger partial charge in [0.25, 0.3) is 0 Å². The van der Waals surface area contributed by atoms with E-state index in [4.69, 9.17) is 0 Å². The van der Waals surface area contributed by atoms with Crippen molar-refractivity contribution in [3.05, 3.63) is 64.2 Å². The van der Waals surface area contributed by atoms with E-state index in [9.17, 15) is 21.6 Å². The maximum absolute atomic E-state index is 13.0. The standard InChI is InChI=1S/C20H20F3N3O2S/c21-20(22,23)17-6-8-19(24-14-17)25-9-11-26(12-10-25)29(27,28)18-7-5-15-3-1-2-4-16(15)13-18/h1-4,6,8,13-14H,5,7,9-12H2. The number of halogens is 3. The summed E-state index contributed by atoms with van der Waals surface area (Å²) in [6.45, 7) is 1.29. The van der Waals surface area contributed by atoms with Gasteiger partial charge in [-0.05, 0) is 42.2 Å². The molecule has 1 aliphatic heterocycles. The minimum Gasteiger partial charge on any atom is -0.354 e. The molecule has 2 aromatic rings. The second-order valence-corrected chi connectivity index (χ2v) is 9.09. The number of rotatable bonds is 3. The number of anilines is 1. The van der Waals surface area contributed by atoms with Crippen LogP contribution >= 0.6 is 0 Å². The van der Waals surface area contributed by atoms with E-state index in [0.717, 1.165) is 23.4 Å². The Bertz CT molecular complexity index is 1030. The van der Waals surface area contributed by atoms with E-state index in [2.05, 4.69) is 4.98 Å². The summed E-state index contributed by atoms with van der Waals surface area (Å²) in [7, 11) is -3.56. The van der Waals surface area contributed by atoms with Crippen LogP contribution in [-0.4, -0.2) is 43.9 Å². The van der Waals surface area contributed by atoms with Crippen molar-refractivity contribution in [3.8, 4) is 0 Å². The molecule has 1 aliphatic carbocycles. The molecule has 1 saturated heterocycles. The van der Waals surface area contributed by atoms with E-state index >= 15 is 0 Å². The largest absolute Gasteiger partial charge is 0.417 e. The molecule has 0 atom stereocenters. The summed E-state index contributed by atoms with van der Waals surface area (Å²) in [4.78, 5) is 6.11. The van der Waals surface area contributed by atoms with Gasteiger partial charge in [-0.3, -0.25) is 0 Å². The van der Waals surface area contributed by atoms with E-state index in [1.54, 1.807) is 11.0 Å². The number of sulfonamides is 1. The predicted octanol–water partition coefficient (Wildman–Crippen LogP) is 3.54. The molecule has 5 nitrogen and oxygen atoms in total. The van der Waals surface area contributed by atoms with Crippen LogP contribution in [0.1, 0.15) is 23.1 Å². The number of aromatic nitrogens is 1. The summed E-state index contributed by atoms with van der Waals surface area (Å²) in [5.74, 6) is 0.417. The molecule has 0 N–H and O–H groups in total. The quantitative estimate of drug-likeness (QED) is 0.758. The number of aryl methyl sites for hydroxylation is 1. The van der Waals surface area contributed by atoms with Crippen molar-refractivity contribution in [1.29, 1.82) is 0 Å². The van der Waals surface area contributed by atoms with Crippen molar-refractivity contribution in [2.24, 2.45) is 0 Å². The normalized spacial score (nSPS) is 18.3. The first-order valence-electron chi connectivity index (χ1n) is 9.32. The fourth-order valence-electron chi connectivity index (χ4n) is 3.67. The fourth-order valence-corrected chi connectivity index (χ4v) is 5.29. The molecule has 0 amide bonds. The lowest BCUT2D eigenvalue weighted by Crippen LogP contribution is -2.49. The molecular weight excluding hydrogens is 403 g/mol. The summed E-state index contributed by atoms with van der Waals surface area (Å²) in [5, 5.41) is 0. The monoisotopic (exact) mass is 423 g/mol. The molecule has 0 spiro atoms. The van der Waals surface area contributed by atoms with E-state index < -0.39 is 21.8 Å². The Labute approximate surface area is 167 Å². The summed E-state index contributed by atoms with van der Waals surface area (Å²) in [5.41, 5.74) is 1.28. The molecule has 2 heterocycles. The number of hydrogen-bond donors (Lipinski definition) is 0. The third-order valence-electron chi connectivity index (χ3n) is 5.32. The number of benzene rings is 1. The molecule has 29 heavy (non-hydrogen) atoms. The Morgan fingerprint density at radius 1 is 0.931 bits per heavy atom. The average Bonchev–Trinajstić information content (AvgIpc) is 2.73. The smallest absolute Gasteiger partial charge is 0.354 e. The molecule has 1 fully saturated rings. The Balaban J connectivity index is 1.45. The van der Waals surface area contributed by atoms with Crippen LogP contribution in [0.15, 0.2) is 47.5 Å².